The van der Waals surface area contributed by atoms with Gasteiger partial charge in [0.15, 0.2) is 9.84 Å². The third kappa shape index (κ3) is 10.9. The average Bonchev–Trinajstić information content (AvgIpc) is 2.66. The summed E-state index contributed by atoms with van der Waals surface area (Å²) in [5.74, 6) is -0.940. The lowest BCUT2D eigenvalue weighted by atomic mass is 10.1. The van der Waals surface area contributed by atoms with E-state index in [0.29, 0.717) is 12.5 Å². The van der Waals surface area contributed by atoms with Crippen molar-refractivity contribution in [2.45, 2.75) is 52.6 Å². The van der Waals surface area contributed by atoms with Gasteiger partial charge in [-0.25, -0.2) is 8.42 Å². The van der Waals surface area contributed by atoms with E-state index < -0.39 is 33.3 Å². The van der Waals surface area contributed by atoms with Crippen molar-refractivity contribution in [1.29, 1.82) is 0 Å². The summed E-state index contributed by atoms with van der Waals surface area (Å²) in [5.41, 5.74) is -0.590. The van der Waals surface area contributed by atoms with Gasteiger partial charge < -0.3 is 20.5 Å². The van der Waals surface area contributed by atoms with E-state index >= 15 is 0 Å². The molecule has 1 aromatic heterocycles. The molecule has 0 spiro atoms. The number of aromatic nitrogens is 1. The van der Waals surface area contributed by atoms with E-state index in [1.807, 2.05) is 13.8 Å². The maximum atomic E-state index is 12.6. The van der Waals surface area contributed by atoms with Crippen LogP contribution in [-0.2, 0) is 30.8 Å². The number of anilines is 1. The molecule has 1 rings (SSSR count). The van der Waals surface area contributed by atoms with Gasteiger partial charge in [0.05, 0.1) is 0 Å². The fourth-order valence-electron chi connectivity index (χ4n) is 2.71. The van der Waals surface area contributed by atoms with Crippen molar-refractivity contribution in [3.63, 3.8) is 0 Å². The zero-order chi connectivity index (χ0) is 24.3. The quantitative estimate of drug-likeness (QED) is 0.414. The molecule has 11 heteroatoms. The summed E-state index contributed by atoms with van der Waals surface area (Å²) in [4.78, 5) is 48.8. The zero-order valence-electron chi connectivity index (χ0n) is 18.9. The first-order chi connectivity index (χ1) is 14.9. The third-order valence-corrected chi connectivity index (χ3v) is 4.98. The lowest BCUT2D eigenvalue weighted by molar-refractivity contribution is -0.125. The Morgan fingerprint density at radius 1 is 1.19 bits per heavy atom. The molecule has 3 amide bonds. The second kappa shape index (κ2) is 12.8. The van der Waals surface area contributed by atoms with Crippen LogP contribution >= 0.6 is 0 Å². The second-order valence-electron chi connectivity index (χ2n) is 7.91. The Morgan fingerprint density at radius 3 is 2.47 bits per heavy atom. The number of allylic oxidation sites excluding steroid dienone is 1. The van der Waals surface area contributed by atoms with E-state index in [1.165, 1.54) is 35.9 Å². The molecule has 0 aliphatic heterocycles. The van der Waals surface area contributed by atoms with Gasteiger partial charge in [0.2, 0.25) is 17.7 Å². The number of carbonyl (C=O) groups excluding carboxylic acids is 3. The molecule has 0 fully saturated rings. The van der Waals surface area contributed by atoms with Gasteiger partial charge in [-0.15, -0.1) is 0 Å². The summed E-state index contributed by atoms with van der Waals surface area (Å²) in [6, 6.07) is 1.96. The molecule has 0 saturated carbocycles. The van der Waals surface area contributed by atoms with Crippen LogP contribution in [0.1, 0.15) is 40.0 Å². The van der Waals surface area contributed by atoms with Crippen molar-refractivity contribution in [3.05, 3.63) is 40.2 Å². The molecule has 178 valence electrons. The number of hydrogen-bond acceptors (Lipinski definition) is 6. The maximum absolute atomic E-state index is 12.6. The normalized spacial score (nSPS) is 12.5. The van der Waals surface area contributed by atoms with Gasteiger partial charge in [-0.1, -0.05) is 19.9 Å². The van der Waals surface area contributed by atoms with Crippen molar-refractivity contribution in [2.24, 2.45) is 5.92 Å². The predicted molar refractivity (Wildman–Crippen MR) is 123 cm³/mol. The summed E-state index contributed by atoms with van der Waals surface area (Å²) >= 11 is 0. The smallest absolute Gasteiger partial charge is 0.274 e. The van der Waals surface area contributed by atoms with Crippen LogP contribution in [0.4, 0.5) is 5.69 Å². The monoisotopic (exact) mass is 468 g/mol. The highest BCUT2D eigenvalue weighted by atomic mass is 32.2. The van der Waals surface area contributed by atoms with Crippen molar-refractivity contribution in [3.8, 4) is 0 Å². The molecule has 10 nitrogen and oxygen atoms in total. The van der Waals surface area contributed by atoms with Crippen LogP contribution in [0.25, 0.3) is 0 Å². The molecule has 0 bridgehead atoms. The fourth-order valence-corrected chi connectivity index (χ4v) is 3.19. The average molecular weight is 469 g/mol. The minimum Gasteiger partial charge on any atom is -0.355 e. The van der Waals surface area contributed by atoms with E-state index in [-0.39, 0.29) is 31.0 Å². The SMILES string of the molecule is CC(=O)N[C@@H](CC/C=C/S(C)(=O)=O)C(=O)Nc1cccn(CC(=O)NCCC(C)C)c1=O. The van der Waals surface area contributed by atoms with Gasteiger partial charge in [0.25, 0.3) is 5.56 Å². The molecule has 0 aliphatic carbocycles. The van der Waals surface area contributed by atoms with Gasteiger partial charge in [0.1, 0.15) is 18.3 Å². The molecule has 3 N–H and O–H groups in total. The lowest BCUT2D eigenvalue weighted by Gasteiger charge is -2.17. The van der Waals surface area contributed by atoms with Crippen LogP contribution < -0.4 is 21.5 Å². The van der Waals surface area contributed by atoms with E-state index in [4.69, 9.17) is 0 Å². The minimum absolute atomic E-state index is 0.0329. The van der Waals surface area contributed by atoms with Gasteiger partial charge in [-0.3, -0.25) is 19.2 Å². The summed E-state index contributed by atoms with van der Waals surface area (Å²) in [5, 5.41) is 8.74. The van der Waals surface area contributed by atoms with Crippen molar-refractivity contribution in [1.82, 2.24) is 15.2 Å². The fraction of sp³-hybridized carbons (Fsp3) is 0.524. The van der Waals surface area contributed by atoms with Crippen LogP contribution in [0.3, 0.4) is 0 Å². The topological polar surface area (TPSA) is 143 Å². The van der Waals surface area contributed by atoms with Gasteiger partial charge in [-0.05, 0) is 37.3 Å². The summed E-state index contributed by atoms with van der Waals surface area (Å²) < 4.78 is 23.5. The highest BCUT2D eigenvalue weighted by Crippen LogP contribution is 2.06. The van der Waals surface area contributed by atoms with Crippen molar-refractivity contribution in [2.75, 3.05) is 18.1 Å². The highest BCUT2D eigenvalue weighted by molar-refractivity contribution is 7.93. The van der Waals surface area contributed by atoms with E-state index in [2.05, 4.69) is 16.0 Å². The second-order valence-corrected chi connectivity index (χ2v) is 9.84. The van der Waals surface area contributed by atoms with Crippen LogP contribution in [-0.4, -0.2) is 49.5 Å². The third-order valence-electron chi connectivity index (χ3n) is 4.30. The Morgan fingerprint density at radius 2 is 1.88 bits per heavy atom. The number of hydrogen-bond donors (Lipinski definition) is 3. The molecular formula is C21H32N4O6S. The number of rotatable bonds is 12. The Balaban J connectivity index is 2.84. The van der Waals surface area contributed by atoms with E-state index in [9.17, 15) is 27.6 Å². The first-order valence-corrected chi connectivity index (χ1v) is 12.2. The molecule has 0 unspecified atom stereocenters. The molecule has 0 aromatic carbocycles. The minimum atomic E-state index is -3.29. The Kier molecular flexibility index (Phi) is 10.8. The van der Waals surface area contributed by atoms with Gasteiger partial charge in [0, 0.05) is 31.3 Å². The van der Waals surface area contributed by atoms with Gasteiger partial charge >= 0.3 is 0 Å². The molecule has 1 atom stereocenters. The van der Waals surface area contributed by atoms with Crippen LogP contribution in [0.2, 0.25) is 0 Å². The molecule has 0 aliphatic rings. The zero-order valence-corrected chi connectivity index (χ0v) is 19.7. The summed E-state index contributed by atoms with van der Waals surface area (Å²) in [6.45, 7) is 5.65. The molecular weight excluding hydrogens is 436 g/mol. The van der Waals surface area contributed by atoms with Crippen LogP contribution in [0.5, 0.6) is 0 Å². The Labute approximate surface area is 188 Å². The van der Waals surface area contributed by atoms with Crippen molar-refractivity contribution < 1.29 is 22.8 Å². The number of amides is 3. The number of nitrogens with one attached hydrogen (secondary N) is 3. The maximum Gasteiger partial charge on any atom is 0.274 e. The molecule has 1 heterocycles. The number of sulfone groups is 1. The highest BCUT2D eigenvalue weighted by Gasteiger charge is 2.20. The predicted octanol–water partition coefficient (Wildman–Crippen LogP) is 0.792. The molecule has 32 heavy (non-hydrogen) atoms. The molecule has 0 saturated heterocycles. The van der Waals surface area contributed by atoms with Crippen molar-refractivity contribution >= 4 is 33.2 Å². The number of pyridine rings is 1. The Bertz CT molecular complexity index is 998. The van der Waals surface area contributed by atoms with Crippen LogP contribution in [0.15, 0.2) is 34.6 Å². The number of carbonyl (C=O) groups is 3. The summed E-state index contributed by atoms with van der Waals surface area (Å²) in [6.07, 6.45) is 5.07. The first-order valence-electron chi connectivity index (χ1n) is 10.3. The van der Waals surface area contributed by atoms with E-state index in [0.717, 1.165) is 18.1 Å². The molecule has 1 aromatic rings. The first kappa shape index (κ1) is 27.1. The lowest BCUT2D eigenvalue weighted by Crippen LogP contribution is -2.43. The Hall–Kier alpha value is -2.95. The van der Waals surface area contributed by atoms with Gasteiger partial charge in [-0.2, -0.15) is 0 Å². The molecule has 0 radical (unpaired) electrons. The van der Waals surface area contributed by atoms with Crippen LogP contribution in [0, 0.1) is 5.92 Å². The standard InChI is InChI=1S/C21H32N4O6S/c1-15(2)10-11-22-19(27)14-25-12-7-9-18(21(25)29)24-20(28)17(23-16(3)26)8-5-6-13-32(4,30)31/h6-7,9,12-13,15,17H,5,8,10-11,14H2,1-4H3,(H,22,27)(H,23,26)(H,24,28)/b13-6+/t17-/m0/s1. The summed E-state index contributed by atoms with van der Waals surface area (Å²) in [7, 11) is -3.29. The van der Waals surface area contributed by atoms with E-state index in [1.54, 1.807) is 0 Å². The number of nitrogens with zero attached hydrogens (tertiary/aromatic N) is 1. The largest absolute Gasteiger partial charge is 0.355 e.